The van der Waals surface area contributed by atoms with Crippen molar-refractivity contribution in [2.24, 2.45) is 5.92 Å². The zero-order valence-electron chi connectivity index (χ0n) is 9.65. The van der Waals surface area contributed by atoms with Gasteiger partial charge in [0.15, 0.2) is 11.5 Å². The summed E-state index contributed by atoms with van der Waals surface area (Å²) in [5.41, 5.74) is 0.770. The molecule has 3 heteroatoms. The summed E-state index contributed by atoms with van der Waals surface area (Å²) in [5, 5.41) is 9.99. The Kier molecular flexibility index (Phi) is 3.97. The van der Waals surface area contributed by atoms with Crippen LogP contribution in [-0.2, 0) is 0 Å². The van der Waals surface area contributed by atoms with Crippen LogP contribution in [0.15, 0.2) is 18.2 Å². The standard InChI is InChI=1S/C12H18O3/c1-8(2)11(13)9-6-5-7-10(14-3)12(9)15-4/h5-8,11,13H,1-4H3/t11-/m1/s1. The fourth-order valence-electron chi connectivity index (χ4n) is 1.50. The van der Waals surface area contributed by atoms with Gasteiger partial charge in [-0.2, -0.15) is 0 Å². The van der Waals surface area contributed by atoms with Crippen molar-refractivity contribution in [1.82, 2.24) is 0 Å². The van der Waals surface area contributed by atoms with Gasteiger partial charge in [-0.1, -0.05) is 26.0 Å². The Balaban J connectivity index is 3.16. The van der Waals surface area contributed by atoms with Crippen LogP contribution in [0.2, 0.25) is 0 Å². The molecule has 84 valence electrons. The first-order valence-corrected chi connectivity index (χ1v) is 5.00. The van der Waals surface area contributed by atoms with E-state index in [4.69, 9.17) is 9.47 Å². The molecule has 1 aromatic rings. The first-order valence-electron chi connectivity index (χ1n) is 5.00. The maximum absolute atomic E-state index is 9.99. The summed E-state index contributed by atoms with van der Waals surface area (Å²) in [4.78, 5) is 0. The maximum atomic E-state index is 9.99. The highest BCUT2D eigenvalue weighted by atomic mass is 16.5. The number of ether oxygens (including phenoxy) is 2. The summed E-state index contributed by atoms with van der Waals surface area (Å²) < 4.78 is 10.4. The van der Waals surface area contributed by atoms with Gasteiger partial charge in [0.05, 0.1) is 20.3 Å². The summed E-state index contributed by atoms with van der Waals surface area (Å²) in [6.07, 6.45) is -0.532. The van der Waals surface area contributed by atoms with Crippen LogP contribution in [0.1, 0.15) is 25.5 Å². The van der Waals surface area contributed by atoms with E-state index in [1.807, 2.05) is 32.0 Å². The van der Waals surface area contributed by atoms with Gasteiger partial charge in [-0.25, -0.2) is 0 Å². The predicted octanol–water partition coefficient (Wildman–Crippen LogP) is 2.39. The van der Waals surface area contributed by atoms with Gasteiger partial charge in [0.25, 0.3) is 0 Å². The van der Waals surface area contributed by atoms with E-state index in [1.165, 1.54) is 0 Å². The minimum absolute atomic E-state index is 0.144. The SMILES string of the molecule is COc1cccc([C@H](O)C(C)C)c1OC. The summed E-state index contributed by atoms with van der Waals surface area (Å²) in [6, 6.07) is 5.52. The third-order valence-electron chi connectivity index (χ3n) is 2.38. The van der Waals surface area contributed by atoms with Gasteiger partial charge in [0.1, 0.15) is 0 Å². The van der Waals surface area contributed by atoms with E-state index in [-0.39, 0.29) is 5.92 Å². The molecule has 1 atom stereocenters. The van der Waals surface area contributed by atoms with E-state index in [2.05, 4.69) is 0 Å². The van der Waals surface area contributed by atoms with Crippen molar-refractivity contribution in [1.29, 1.82) is 0 Å². The molecule has 3 nitrogen and oxygen atoms in total. The molecular weight excluding hydrogens is 192 g/mol. The van der Waals surface area contributed by atoms with Gasteiger partial charge in [-0.05, 0) is 12.0 Å². The van der Waals surface area contributed by atoms with Crippen LogP contribution >= 0.6 is 0 Å². The molecule has 0 aliphatic rings. The number of aliphatic hydroxyl groups excluding tert-OH is 1. The van der Waals surface area contributed by atoms with Crippen molar-refractivity contribution in [3.05, 3.63) is 23.8 Å². The fourth-order valence-corrected chi connectivity index (χ4v) is 1.50. The van der Waals surface area contributed by atoms with E-state index in [0.717, 1.165) is 5.56 Å². The number of para-hydroxylation sites is 1. The molecule has 1 N–H and O–H groups in total. The number of hydrogen-bond acceptors (Lipinski definition) is 3. The van der Waals surface area contributed by atoms with Crippen LogP contribution in [-0.4, -0.2) is 19.3 Å². The Morgan fingerprint density at radius 1 is 1.13 bits per heavy atom. The van der Waals surface area contributed by atoms with Crippen LogP contribution in [0.3, 0.4) is 0 Å². The van der Waals surface area contributed by atoms with E-state index in [0.29, 0.717) is 11.5 Å². The first kappa shape index (κ1) is 11.9. The van der Waals surface area contributed by atoms with Crippen molar-refractivity contribution in [3.8, 4) is 11.5 Å². The minimum atomic E-state index is -0.532. The van der Waals surface area contributed by atoms with Crippen LogP contribution in [0.4, 0.5) is 0 Å². The number of methoxy groups -OCH3 is 2. The molecule has 1 rings (SSSR count). The first-order chi connectivity index (χ1) is 7.11. The van der Waals surface area contributed by atoms with E-state index in [9.17, 15) is 5.11 Å². The van der Waals surface area contributed by atoms with Crippen LogP contribution in [0, 0.1) is 5.92 Å². The zero-order valence-corrected chi connectivity index (χ0v) is 9.65. The van der Waals surface area contributed by atoms with E-state index < -0.39 is 6.10 Å². The summed E-state index contributed by atoms with van der Waals surface area (Å²) >= 11 is 0. The molecule has 0 unspecified atom stereocenters. The maximum Gasteiger partial charge on any atom is 0.166 e. The van der Waals surface area contributed by atoms with E-state index in [1.54, 1.807) is 14.2 Å². The number of aliphatic hydroxyl groups is 1. The Labute approximate surface area is 90.6 Å². The largest absolute Gasteiger partial charge is 0.493 e. The second-order valence-electron chi connectivity index (χ2n) is 3.77. The minimum Gasteiger partial charge on any atom is -0.493 e. The lowest BCUT2D eigenvalue weighted by Crippen LogP contribution is -2.07. The molecule has 0 aromatic heterocycles. The molecule has 0 spiro atoms. The number of hydrogen-bond donors (Lipinski definition) is 1. The van der Waals surface area contributed by atoms with Crippen molar-refractivity contribution >= 4 is 0 Å². The summed E-state index contributed by atoms with van der Waals surface area (Å²) in [5.74, 6) is 1.40. The predicted molar refractivity (Wildman–Crippen MR) is 59.3 cm³/mol. The lowest BCUT2D eigenvalue weighted by Gasteiger charge is -2.19. The molecule has 0 heterocycles. The average Bonchev–Trinajstić information content (AvgIpc) is 2.26. The molecule has 0 saturated heterocycles. The monoisotopic (exact) mass is 210 g/mol. The lowest BCUT2D eigenvalue weighted by atomic mass is 9.98. The van der Waals surface area contributed by atoms with Gasteiger partial charge in [0, 0.05) is 5.56 Å². The Morgan fingerprint density at radius 2 is 1.80 bits per heavy atom. The van der Waals surface area contributed by atoms with E-state index >= 15 is 0 Å². The van der Waals surface area contributed by atoms with Crippen LogP contribution in [0.5, 0.6) is 11.5 Å². The highest BCUT2D eigenvalue weighted by molar-refractivity contribution is 5.47. The molecule has 15 heavy (non-hydrogen) atoms. The van der Waals surface area contributed by atoms with Crippen molar-refractivity contribution in [3.63, 3.8) is 0 Å². The van der Waals surface area contributed by atoms with Crippen molar-refractivity contribution in [2.45, 2.75) is 20.0 Å². The molecule has 0 amide bonds. The van der Waals surface area contributed by atoms with Gasteiger partial charge >= 0.3 is 0 Å². The molecule has 0 radical (unpaired) electrons. The Bertz CT molecular complexity index is 321. The Morgan fingerprint density at radius 3 is 2.27 bits per heavy atom. The number of rotatable bonds is 4. The van der Waals surface area contributed by atoms with Crippen LogP contribution in [0.25, 0.3) is 0 Å². The molecule has 0 aliphatic heterocycles. The smallest absolute Gasteiger partial charge is 0.166 e. The highest BCUT2D eigenvalue weighted by Crippen LogP contribution is 2.36. The van der Waals surface area contributed by atoms with Gasteiger partial charge in [-0.15, -0.1) is 0 Å². The molecule has 0 fully saturated rings. The highest BCUT2D eigenvalue weighted by Gasteiger charge is 2.19. The molecule has 0 aliphatic carbocycles. The third kappa shape index (κ3) is 2.42. The topological polar surface area (TPSA) is 38.7 Å². The molecule has 1 aromatic carbocycles. The fraction of sp³-hybridized carbons (Fsp3) is 0.500. The van der Waals surface area contributed by atoms with Crippen molar-refractivity contribution in [2.75, 3.05) is 14.2 Å². The van der Waals surface area contributed by atoms with Gasteiger partial charge in [0.2, 0.25) is 0 Å². The molecule has 0 saturated carbocycles. The average molecular weight is 210 g/mol. The Hall–Kier alpha value is -1.22. The lowest BCUT2D eigenvalue weighted by molar-refractivity contribution is 0.123. The van der Waals surface area contributed by atoms with Gasteiger partial charge in [-0.3, -0.25) is 0 Å². The second-order valence-corrected chi connectivity index (χ2v) is 3.77. The van der Waals surface area contributed by atoms with Crippen molar-refractivity contribution < 1.29 is 14.6 Å². The quantitative estimate of drug-likeness (QED) is 0.829. The summed E-state index contributed by atoms with van der Waals surface area (Å²) in [7, 11) is 3.16. The summed E-state index contributed by atoms with van der Waals surface area (Å²) in [6.45, 7) is 3.92. The normalized spacial score (nSPS) is 12.7. The second kappa shape index (κ2) is 5.03. The zero-order chi connectivity index (χ0) is 11.4. The van der Waals surface area contributed by atoms with Crippen LogP contribution < -0.4 is 9.47 Å². The molecule has 0 bridgehead atoms. The number of benzene rings is 1. The molecular formula is C12H18O3. The van der Waals surface area contributed by atoms with Gasteiger partial charge < -0.3 is 14.6 Å². The third-order valence-corrected chi connectivity index (χ3v) is 2.38.